The van der Waals surface area contributed by atoms with E-state index in [0.29, 0.717) is 5.92 Å². The van der Waals surface area contributed by atoms with E-state index in [1.807, 2.05) is 13.8 Å². The van der Waals surface area contributed by atoms with Gasteiger partial charge in [0.05, 0.1) is 0 Å². The van der Waals surface area contributed by atoms with Gasteiger partial charge < -0.3 is 4.74 Å². The molecule has 1 aliphatic heterocycles. The summed E-state index contributed by atoms with van der Waals surface area (Å²) >= 11 is 0. The minimum Gasteiger partial charge on any atom is -0.485 e. The maximum Gasteiger partial charge on any atom is 0.124 e. The fourth-order valence-corrected chi connectivity index (χ4v) is 10.2. The van der Waals surface area contributed by atoms with Crippen LogP contribution in [-0.4, -0.2) is 0 Å². The van der Waals surface area contributed by atoms with Crippen LogP contribution in [0.5, 0.6) is 5.75 Å². The first-order chi connectivity index (χ1) is 33.6. The highest BCUT2D eigenvalue weighted by Gasteiger charge is 2.46. The van der Waals surface area contributed by atoms with Gasteiger partial charge in [-0.2, -0.15) is 0 Å². The average molecular weight is 950 g/mol. The van der Waals surface area contributed by atoms with Crippen LogP contribution in [0, 0.1) is 76.2 Å². The SMILES string of the molecule is CC.CCC(C)c1ccc(C)cc1.CCc1cccc(C)c1.Cc1ccc(C)cc1.Cc1ccc(C2(C)CC(C)(C)c3cc(C)c(C)cc32)c(C)c1.Cc1ccc(C2CCc3ccc(C)cc3O2)c(C)c1. The van der Waals surface area contributed by atoms with Gasteiger partial charge in [0.25, 0.3) is 0 Å². The molecule has 7 aromatic carbocycles. The van der Waals surface area contributed by atoms with Gasteiger partial charge in [-0.25, -0.2) is 0 Å². The van der Waals surface area contributed by atoms with Crippen molar-refractivity contribution in [1.29, 1.82) is 0 Å². The molecule has 1 heteroatoms. The number of ether oxygens (including phenoxy) is 1. The third-order valence-electron chi connectivity index (χ3n) is 14.6. The third-order valence-corrected chi connectivity index (χ3v) is 14.6. The molecule has 3 unspecified atom stereocenters. The van der Waals surface area contributed by atoms with E-state index in [0.717, 1.165) is 25.0 Å². The molecule has 0 bridgehead atoms. The van der Waals surface area contributed by atoms with E-state index in [2.05, 4.69) is 257 Å². The Morgan fingerprint density at radius 3 is 1.51 bits per heavy atom. The van der Waals surface area contributed by atoms with Gasteiger partial charge in [-0.15, -0.1) is 0 Å². The summed E-state index contributed by atoms with van der Waals surface area (Å²) < 4.78 is 6.22. The van der Waals surface area contributed by atoms with E-state index >= 15 is 0 Å². The second-order valence-electron chi connectivity index (χ2n) is 21.5. The summed E-state index contributed by atoms with van der Waals surface area (Å²) in [7, 11) is 0. The molecule has 0 fully saturated rings. The predicted octanol–water partition coefficient (Wildman–Crippen LogP) is 20.0. The van der Waals surface area contributed by atoms with Crippen LogP contribution in [-0.2, 0) is 23.7 Å². The molecule has 0 N–H and O–H groups in total. The summed E-state index contributed by atoms with van der Waals surface area (Å²) in [4.78, 5) is 0. The lowest BCUT2D eigenvalue weighted by Gasteiger charge is -2.30. The second-order valence-corrected chi connectivity index (χ2v) is 21.5. The van der Waals surface area contributed by atoms with Crippen molar-refractivity contribution in [2.75, 3.05) is 0 Å². The van der Waals surface area contributed by atoms with E-state index in [9.17, 15) is 0 Å². The molecule has 2 aliphatic rings. The highest BCUT2D eigenvalue weighted by atomic mass is 16.5. The molecule has 0 aromatic heterocycles. The summed E-state index contributed by atoms with van der Waals surface area (Å²) in [5.41, 5.74) is 25.3. The molecule has 71 heavy (non-hydrogen) atoms. The lowest BCUT2D eigenvalue weighted by molar-refractivity contribution is 0.176. The molecule has 1 aliphatic carbocycles. The minimum atomic E-state index is 0.120. The maximum absolute atomic E-state index is 6.22. The van der Waals surface area contributed by atoms with Crippen LogP contribution in [0.15, 0.2) is 140 Å². The second kappa shape index (κ2) is 26.7. The van der Waals surface area contributed by atoms with Crippen LogP contribution in [0.4, 0.5) is 0 Å². The Labute approximate surface area is 434 Å². The van der Waals surface area contributed by atoms with E-state index in [4.69, 9.17) is 4.74 Å². The molecule has 7 aromatic rings. The molecule has 0 saturated carbocycles. The number of aryl methyl sites for hydroxylation is 13. The van der Waals surface area contributed by atoms with Gasteiger partial charge in [-0.05, 0) is 192 Å². The quantitative estimate of drug-likeness (QED) is 0.167. The van der Waals surface area contributed by atoms with Crippen molar-refractivity contribution in [1.82, 2.24) is 0 Å². The zero-order valence-corrected chi connectivity index (χ0v) is 47.9. The smallest absolute Gasteiger partial charge is 0.124 e. The zero-order valence-electron chi connectivity index (χ0n) is 47.9. The molecule has 3 atom stereocenters. The van der Waals surface area contributed by atoms with Gasteiger partial charge in [0.1, 0.15) is 11.9 Å². The van der Waals surface area contributed by atoms with Crippen LogP contribution in [0.3, 0.4) is 0 Å². The van der Waals surface area contributed by atoms with Crippen molar-refractivity contribution < 1.29 is 4.74 Å². The normalized spacial score (nSPS) is 16.1. The Bertz CT molecular complexity index is 2730. The first kappa shape index (κ1) is 57.9. The van der Waals surface area contributed by atoms with Crippen LogP contribution >= 0.6 is 0 Å². The van der Waals surface area contributed by atoms with Crippen LogP contribution < -0.4 is 4.74 Å². The number of hydrogen-bond acceptors (Lipinski definition) is 1. The standard InChI is InChI=1S/C22H28.C18H20O.C11H16.C9H12.C8H10.C2H6/c1-14-8-9-18(17(4)10-14)22(7)13-21(5,6)19-11-15(2)16(3)12-20(19)22;1-12-5-8-16(14(3)10-12)17-9-7-15-6-4-13(2)11-18(15)19-17;1-4-10(3)11-7-5-9(2)6-8-11;1-3-9-6-4-5-8(2)7-9;1-7-3-5-8(2)6-4-7;1-2/h8-12H,13H2,1-7H3;4-6,8,10-11,17H,7,9H2,1-3H3;5-8,10H,4H2,1-3H3;4-7H,3H2,1-2H3;3-6H,1-2H3;1-2H3. The van der Waals surface area contributed by atoms with Gasteiger partial charge in [-0.3, -0.25) is 0 Å². The van der Waals surface area contributed by atoms with Crippen LogP contribution in [0.2, 0.25) is 0 Å². The molecule has 0 amide bonds. The fourth-order valence-electron chi connectivity index (χ4n) is 10.2. The highest BCUT2D eigenvalue weighted by molar-refractivity contribution is 5.56. The summed E-state index contributed by atoms with van der Waals surface area (Å²) in [6.07, 6.45) is 5.93. The maximum atomic E-state index is 6.22. The van der Waals surface area contributed by atoms with Crippen LogP contribution in [0.25, 0.3) is 0 Å². The van der Waals surface area contributed by atoms with E-state index < -0.39 is 0 Å². The molecule has 0 radical (unpaired) electrons. The van der Waals surface area contributed by atoms with E-state index in [-0.39, 0.29) is 16.9 Å². The molecule has 1 heterocycles. The number of hydrogen-bond donors (Lipinski definition) is 0. The number of fused-ring (bicyclic) bond motifs is 2. The molecule has 0 saturated heterocycles. The van der Waals surface area contributed by atoms with Crippen molar-refractivity contribution >= 4 is 0 Å². The fraction of sp³-hybridized carbons (Fsp3) is 0.400. The molecule has 1 nitrogen and oxygen atoms in total. The van der Waals surface area contributed by atoms with Gasteiger partial charge in [-0.1, -0.05) is 222 Å². The largest absolute Gasteiger partial charge is 0.485 e. The lowest BCUT2D eigenvalue weighted by Crippen LogP contribution is -2.24. The zero-order chi connectivity index (χ0) is 52.6. The van der Waals surface area contributed by atoms with Gasteiger partial charge in [0.2, 0.25) is 0 Å². The van der Waals surface area contributed by atoms with Gasteiger partial charge >= 0.3 is 0 Å². The average Bonchev–Trinajstić information content (AvgIpc) is 3.54. The number of rotatable bonds is 5. The van der Waals surface area contributed by atoms with E-state index in [1.165, 1.54) is 113 Å². The lowest BCUT2D eigenvalue weighted by atomic mass is 9.73. The molecule has 9 rings (SSSR count). The van der Waals surface area contributed by atoms with Crippen molar-refractivity contribution in [3.63, 3.8) is 0 Å². The Balaban J connectivity index is 0.000000202. The van der Waals surface area contributed by atoms with E-state index in [1.54, 1.807) is 0 Å². The summed E-state index contributed by atoms with van der Waals surface area (Å²) in [6, 6.07) is 50.9. The Hall–Kier alpha value is -5.66. The first-order valence-corrected chi connectivity index (χ1v) is 26.8. The Morgan fingerprint density at radius 2 is 0.986 bits per heavy atom. The van der Waals surface area contributed by atoms with Gasteiger partial charge in [0.15, 0.2) is 0 Å². The predicted molar refractivity (Wildman–Crippen MR) is 312 cm³/mol. The Morgan fingerprint density at radius 1 is 0.493 bits per heavy atom. The monoisotopic (exact) mass is 949 g/mol. The third kappa shape index (κ3) is 16.2. The number of benzene rings is 7. The van der Waals surface area contributed by atoms with Crippen molar-refractivity contribution in [2.24, 2.45) is 0 Å². The van der Waals surface area contributed by atoms with Crippen molar-refractivity contribution in [3.05, 3.63) is 240 Å². The summed E-state index contributed by atoms with van der Waals surface area (Å²) in [5, 5.41) is 0. The van der Waals surface area contributed by atoms with Gasteiger partial charge in [0, 0.05) is 5.41 Å². The first-order valence-electron chi connectivity index (χ1n) is 26.8. The van der Waals surface area contributed by atoms with Crippen molar-refractivity contribution in [3.8, 4) is 5.75 Å². The molecular weight excluding hydrogens is 857 g/mol. The Kier molecular flexibility index (Phi) is 21.8. The highest BCUT2D eigenvalue weighted by Crippen LogP contribution is 2.54. The topological polar surface area (TPSA) is 9.23 Å². The summed E-state index contributed by atoms with van der Waals surface area (Å²) in [5.74, 6) is 1.77. The summed E-state index contributed by atoms with van der Waals surface area (Å²) in [6.45, 7) is 41.7. The minimum absolute atomic E-state index is 0.120. The molecule has 378 valence electrons. The van der Waals surface area contributed by atoms with Crippen LogP contribution in [0.1, 0.15) is 187 Å². The molecule has 0 spiro atoms. The molecular formula is C70H92O. The van der Waals surface area contributed by atoms with Crippen molar-refractivity contribution in [2.45, 2.75) is 187 Å².